The number of rotatable bonds is 5. The Hall–Kier alpha value is -1.40. The lowest BCUT2D eigenvalue weighted by Crippen LogP contribution is -2.49. The van der Waals surface area contributed by atoms with Gasteiger partial charge in [0.2, 0.25) is 10.0 Å². The van der Waals surface area contributed by atoms with Crippen LogP contribution in [0.4, 0.5) is 13.9 Å². The molecule has 0 radical (unpaired) electrons. The van der Waals surface area contributed by atoms with E-state index in [1.54, 1.807) is 0 Å². The molecular formula is C21H19Br2F2N3O2S2. The SMILES string of the molecule is Cc1ccccc1Cc1csc(N2CCN(S(=O)(=O)c3c(F)c(Br)cc(F)c3Br)CC2)n1. The number of aryl methyl sites for hydroxylation is 1. The molecule has 0 atom stereocenters. The lowest BCUT2D eigenvalue weighted by Gasteiger charge is -2.34. The molecule has 32 heavy (non-hydrogen) atoms. The van der Waals surface area contributed by atoms with Gasteiger partial charge in [0.05, 0.1) is 14.6 Å². The molecule has 1 fully saturated rings. The van der Waals surface area contributed by atoms with E-state index in [-0.39, 0.29) is 17.6 Å². The van der Waals surface area contributed by atoms with Gasteiger partial charge in [-0.25, -0.2) is 22.2 Å². The molecule has 170 valence electrons. The van der Waals surface area contributed by atoms with Crippen LogP contribution in [0.15, 0.2) is 49.6 Å². The number of nitrogens with zero attached hydrogens (tertiary/aromatic N) is 3. The summed E-state index contributed by atoms with van der Waals surface area (Å²) >= 11 is 7.29. The summed E-state index contributed by atoms with van der Waals surface area (Å²) in [5, 5.41) is 2.84. The van der Waals surface area contributed by atoms with E-state index in [0.29, 0.717) is 13.1 Å². The van der Waals surface area contributed by atoms with Gasteiger partial charge in [-0.2, -0.15) is 4.31 Å². The number of benzene rings is 2. The van der Waals surface area contributed by atoms with Crippen LogP contribution in [0.5, 0.6) is 0 Å². The normalized spacial score (nSPS) is 15.3. The maximum atomic E-state index is 14.6. The zero-order valence-corrected chi connectivity index (χ0v) is 21.8. The van der Waals surface area contributed by atoms with Crippen molar-refractivity contribution in [3.8, 4) is 0 Å². The van der Waals surface area contributed by atoms with Crippen LogP contribution in [0.1, 0.15) is 16.8 Å². The fourth-order valence-electron chi connectivity index (χ4n) is 3.55. The van der Waals surface area contributed by atoms with Crippen molar-refractivity contribution in [2.45, 2.75) is 18.2 Å². The highest BCUT2D eigenvalue weighted by Gasteiger charge is 2.35. The molecule has 2 aromatic carbocycles. The maximum Gasteiger partial charge on any atom is 0.247 e. The molecular weight excluding hydrogens is 588 g/mol. The van der Waals surface area contributed by atoms with E-state index >= 15 is 0 Å². The predicted octanol–water partition coefficient (Wildman–Crippen LogP) is 5.36. The van der Waals surface area contributed by atoms with Crippen molar-refractivity contribution in [3.05, 3.63) is 73.1 Å². The molecule has 0 amide bonds. The molecule has 3 aromatic rings. The Labute approximate surface area is 206 Å². The lowest BCUT2D eigenvalue weighted by molar-refractivity contribution is 0.381. The minimum absolute atomic E-state index is 0.148. The number of halogens is 4. The molecule has 4 rings (SSSR count). The number of aromatic nitrogens is 1. The number of piperazine rings is 1. The monoisotopic (exact) mass is 605 g/mol. The van der Waals surface area contributed by atoms with E-state index in [1.165, 1.54) is 26.8 Å². The Morgan fingerprint density at radius 2 is 1.81 bits per heavy atom. The fourth-order valence-corrected chi connectivity index (χ4v) is 7.43. The first kappa shape index (κ1) is 23.7. The molecule has 0 unspecified atom stereocenters. The average Bonchev–Trinajstić information content (AvgIpc) is 3.23. The van der Waals surface area contributed by atoms with E-state index in [4.69, 9.17) is 4.98 Å². The van der Waals surface area contributed by atoms with Crippen molar-refractivity contribution < 1.29 is 17.2 Å². The third kappa shape index (κ3) is 4.63. The standard InChI is InChI=1S/C21H19Br2F2N3O2S2/c1-13-4-2-3-5-14(13)10-15-12-31-21(26-15)27-6-8-28(9-7-27)32(29,30)20-18(23)17(24)11-16(22)19(20)25/h2-5,11-12H,6-10H2,1H3. The first-order chi connectivity index (χ1) is 15.2. The summed E-state index contributed by atoms with van der Waals surface area (Å²) in [6.45, 7) is 3.18. The molecule has 0 saturated carbocycles. The second-order valence-corrected chi connectivity index (χ2v) is 11.8. The Balaban J connectivity index is 1.47. The third-order valence-corrected chi connectivity index (χ3v) is 9.86. The molecule has 1 aliphatic rings. The van der Waals surface area contributed by atoms with Crippen LogP contribution in [-0.4, -0.2) is 43.9 Å². The average molecular weight is 607 g/mol. The van der Waals surface area contributed by atoms with Crippen molar-refractivity contribution in [2.75, 3.05) is 31.1 Å². The molecule has 1 aliphatic heterocycles. The second kappa shape index (κ2) is 9.46. The lowest BCUT2D eigenvalue weighted by atomic mass is 10.1. The Morgan fingerprint density at radius 1 is 1.12 bits per heavy atom. The van der Waals surface area contributed by atoms with Gasteiger partial charge in [-0.1, -0.05) is 24.3 Å². The minimum atomic E-state index is -4.22. The predicted molar refractivity (Wildman–Crippen MR) is 129 cm³/mol. The van der Waals surface area contributed by atoms with Crippen molar-refractivity contribution in [1.82, 2.24) is 9.29 Å². The van der Waals surface area contributed by atoms with Gasteiger partial charge >= 0.3 is 0 Å². The third-order valence-electron chi connectivity index (χ3n) is 5.35. The smallest absolute Gasteiger partial charge is 0.247 e. The number of sulfonamides is 1. The Bertz CT molecular complexity index is 1230. The van der Waals surface area contributed by atoms with Gasteiger partial charge in [-0.15, -0.1) is 11.3 Å². The largest absolute Gasteiger partial charge is 0.345 e. The van der Waals surface area contributed by atoms with E-state index in [1.807, 2.05) is 22.4 Å². The topological polar surface area (TPSA) is 53.5 Å². The van der Waals surface area contributed by atoms with Gasteiger partial charge in [0.15, 0.2) is 10.9 Å². The number of hydrogen-bond donors (Lipinski definition) is 0. The Kier molecular flexibility index (Phi) is 7.02. The number of hydrogen-bond acceptors (Lipinski definition) is 5. The molecule has 11 heteroatoms. The summed E-state index contributed by atoms with van der Waals surface area (Å²) in [6.07, 6.45) is 0.735. The molecule has 2 heterocycles. The van der Waals surface area contributed by atoms with E-state index in [9.17, 15) is 17.2 Å². The summed E-state index contributed by atoms with van der Waals surface area (Å²) < 4.78 is 55.3. The summed E-state index contributed by atoms with van der Waals surface area (Å²) in [4.78, 5) is 6.05. The van der Waals surface area contributed by atoms with Crippen LogP contribution in [0.3, 0.4) is 0 Å². The fraction of sp³-hybridized carbons (Fsp3) is 0.286. The zero-order valence-electron chi connectivity index (χ0n) is 17.0. The van der Waals surface area contributed by atoms with Gasteiger partial charge in [0, 0.05) is 38.0 Å². The highest BCUT2D eigenvalue weighted by atomic mass is 79.9. The van der Waals surface area contributed by atoms with Gasteiger partial charge in [-0.05, 0) is 56.0 Å². The summed E-state index contributed by atoms with van der Waals surface area (Å²) in [5.74, 6) is -1.86. The number of thiazole rings is 1. The van der Waals surface area contributed by atoms with Gasteiger partial charge in [-0.3, -0.25) is 0 Å². The van der Waals surface area contributed by atoms with Gasteiger partial charge in [0.25, 0.3) is 0 Å². The molecule has 1 aromatic heterocycles. The first-order valence-corrected chi connectivity index (χ1v) is 13.7. The minimum Gasteiger partial charge on any atom is -0.345 e. The maximum absolute atomic E-state index is 14.6. The summed E-state index contributed by atoms with van der Waals surface area (Å²) in [5.41, 5.74) is 3.39. The summed E-state index contributed by atoms with van der Waals surface area (Å²) in [6, 6.07) is 9.06. The van der Waals surface area contributed by atoms with Crippen LogP contribution >= 0.6 is 43.2 Å². The molecule has 5 nitrogen and oxygen atoms in total. The molecule has 0 spiro atoms. The van der Waals surface area contributed by atoms with Gasteiger partial charge in [0.1, 0.15) is 10.7 Å². The zero-order chi connectivity index (χ0) is 23.0. The van der Waals surface area contributed by atoms with Crippen molar-refractivity contribution in [3.63, 3.8) is 0 Å². The van der Waals surface area contributed by atoms with E-state index in [2.05, 4.69) is 50.9 Å². The Morgan fingerprint density at radius 3 is 2.50 bits per heavy atom. The first-order valence-electron chi connectivity index (χ1n) is 9.75. The van der Waals surface area contributed by atoms with Crippen molar-refractivity contribution in [2.24, 2.45) is 0 Å². The van der Waals surface area contributed by atoms with E-state index in [0.717, 1.165) is 23.3 Å². The molecule has 0 aliphatic carbocycles. The molecule has 0 N–H and O–H groups in total. The second-order valence-electron chi connectivity index (χ2n) is 7.41. The number of anilines is 1. The van der Waals surface area contributed by atoms with Gasteiger partial charge < -0.3 is 4.90 Å². The van der Waals surface area contributed by atoms with Crippen molar-refractivity contribution >= 4 is 58.4 Å². The highest BCUT2D eigenvalue weighted by molar-refractivity contribution is 9.11. The van der Waals surface area contributed by atoms with Crippen LogP contribution < -0.4 is 4.90 Å². The van der Waals surface area contributed by atoms with Crippen LogP contribution in [0.2, 0.25) is 0 Å². The summed E-state index contributed by atoms with van der Waals surface area (Å²) in [7, 11) is -4.22. The van der Waals surface area contributed by atoms with Crippen LogP contribution in [0, 0.1) is 18.6 Å². The highest BCUT2D eigenvalue weighted by Crippen LogP contribution is 2.35. The quantitative estimate of drug-likeness (QED) is 0.367. The van der Waals surface area contributed by atoms with Crippen LogP contribution in [0.25, 0.3) is 0 Å². The molecule has 1 saturated heterocycles. The van der Waals surface area contributed by atoms with Crippen LogP contribution in [-0.2, 0) is 16.4 Å². The molecule has 0 bridgehead atoms. The van der Waals surface area contributed by atoms with Crippen molar-refractivity contribution in [1.29, 1.82) is 0 Å². The van der Waals surface area contributed by atoms with E-state index < -0.39 is 31.0 Å².